The highest BCUT2D eigenvalue weighted by molar-refractivity contribution is 8.22. The maximum absolute atomic E-state index is 10.1. The minimum Gasteiger partial charge on any atom is -0.285 e. The van der Waals surface area contributed by atoms with Crippen LogP contribution in [0.1, 0.15) is 45.4 Å². The largest absolute Gasteiger partial charge is 0.285 e. The molecule has 1 aliphatic heterocycles. The normalized spacial score (nSPS) is 26.9. The Labute approximate surface area is 94.3 Å². The third-order valence-electron chi connectivity index (χ3n) is 4.00. The van der Waals surface area contributed by atoms with Crippen LogP contribution in [0.5, 0.6) is 0 Å². The molecular formula is C11H23NO2S. The van der Waals surface area contributed by atoms with E-state index in [4.69, 9.17) is 0 Å². The summed E-state index contributed by atoms with van der Waals surface area (Å²) in [6, 6.07) is 0. The molecule has 2 fully saturated rings. The molecule has 0 atom stereocenters. The van der Waals surface area contributed by atoms with Crippen LogP contribution in [0.25, 0.3) is 0 Å². The van der Waals surface area contributed by atoms with Crippen LogP contribution in [0.4, 0.5) is 0 Å². The highest BCUT2D eigenvalue weighted by atomic mass is 32.3. The standard InChI is InChI=1S/C11H23NO2S/c1-2-3-9-15(13,14)12-8-7-11(10-12)5-4-6-11/h13-14H,2-10H2,1H3. The van der Waals surface area contributed by atoms with Crippen molar-refractivity contribution >= 4 is 10.8 Å². The molecule has 2 rings (SSSR count). The third kappa shape index (κ3) is 2.33. The van der Waals surface area contributed by atoms with Crippen LogP contribution in [0.15, 0.2) is 0 Å². The van der Waals surface area contributed by atoms with Crippen LogP contribution < -0.4 is 0 Å². The van der Waals surface area contributed by atoms with Crippen LogP contribution in [0.3, 0.4) is 0 Å². The first-order valence-corrected chi connectivity index (χ1v) is 7.76. The monoisotopic (exact) mass is 233 g/mol. The van der Waals surface area contributed by atoms with E-state index in [0.29, 0.717) is 11.2 Å². The molecule has 0 aromatic carbocycles. The van der Waals surface area contributed by atoms with Gasteiger partial charge in [0.2, 0.25) is 0 Å². The van der Waals surface area contributed by atoms with E-state index < -0.39 is 10.8 Å². The maximum atomic E-state index is 10.1. The smallest absolute Gasteiger partial charge is 0.0530 e. The zero-order chi connectivity index (χ0) is 10.9. The van der Waals surface area contributed by atoms with Crippen LogP contribution in [-0.4, -0.2) is 32.3 Å². The van der Waals surface area contributed by atoms with Crippen LogP contribution in [0, 0.1) is 5.41 Å². The van der Waals surface area contributed by atoms with Crippen molar-refractivity contribution in [2.45, 2.75) is 45.4 Å². The van der Waals surface area contributed by atoms with E-state index >= 15 is 0 Å². The Hall–Kier alpha value is 0.230. The fraction of sp³-hybridized carbons (Fsp3) is 1.00. The van der Waals surface area contributed by atoms with E-state index in [1.54, 1.807) is 0 Å². The molecule has 0 radical (unpaired) electrons. The first-order valence-electron chi connectivity index (χ1n) is 6.09. The second-order valence-electron chi connectivity index (χ2n) is 5.16. The number of rotatable bonds is 4. The lowest BCUT2D eigenvalue weighted by atomic mass is 9.68. The average Bonchev–Trinajstić information content (AvgIpc) is 2.59. The predicted octanol–water partition coefficient (Wildman–Crippen LogP) is 3.33. The Morgan fingerprint density at radius 3 is 2.47 bits per heavy atom. The van der Waals surface area contributed by atoms with E-state index in [1.807, 2.05) is 4.31 Å². The average molecular weight is 233 g/mol. The molecule has 2 aliphatic rings. The highest BCUT2D eigenvalue weighted by Gasteiger charge is 2.45. The van der Waals surface area contributed by atoms with Gasteiger partial charge in [0.05, 0.1) is 5.75 Å². The van der Waals surface area contributed by atoms with Crippen LogP contribution in [-0.2, 0) is 0 Å². The summed E-state index contributed by atoms with van der Waals surface area (Å²) >= 11 is 0. The Morgan fingerprint density at radius 2 is 2.00 bits per heavy atom. The first-order chi connectivity index (χ1) is 7.08. The van der Waals surface area contributed by atoms with Gasteiger partial charge in [-0.15, -0.1) is 10.8 Å². The van der Waals surface area contributed by atoms with Gasteiger partial charge in [0, 0.05) is 13.1 Å². The second-order valence-corrected chi connectivity index (χ2v) is 7.35. The summed E-state index contributed by atoms with van der Waals surface area (Å²) in [5, 5.41) is 0. The molecule has 1 aliphatic carbocycles. The van der Waals surface area contributed by atoms with Gasteiger partial charge in [-0.05, 0) is 31.1 Å². The van der Waals surface area contributed by atoms with Gasteiger partial charge in [-0.1, -0.05) is 19.8 Å². The lowest BCUT2D eigenvalue weighted by Crippen LogP contribution is -2.34. The number of nitrogens with zero attached hydrogens (tertiary/aromatic N) is 1. The summed E-state index contributed by atoms with van der Waals surface area (Å²) in [6.07, 6.45) is 7.07. The maximum Gasteiger partial charge on any atom is 0.0530 e. The zero-order valence-corrected chi connectivity index (χ0v) is 10.4. The third-order valence-corrected chi connectivity index (χ3v) is 5.98. The molecule has 1 saturated heterocycles. The summed E-state index contributed by atoms with van der Waals surface area (Å²) in [7, 11) is -2.44. The number of hydrogen-bond donors (Lipinski definition) is 2. The summed E-state index contributed by atoms with van der Waals surface area (Å²) in [4.78, 5) is 0. The van der Waals surface area contributed by atoms with Crippen molar-refractivity contribution < 1.29 is 9.11 Å². The van der Waals surface area contributed by atoms with Crippen molar-refractivity contribution in [3.8, 4) is 0 Å². The summed E-state index contributed by atoms with van der Waals surface area (Å²) in [5.74, 6) is 0.569. The molecule has 15 heavy (non-hydrogen) atoms. The Bertz CT molecular complexity index is 229. The van der Waals surface area contributed by atoms with Gasteiger partial charge in [-0.2, -0.15) is 0 Å². The van der Waals surface area contributed by atoms with Gasteiger partial charge in [-0.25, -0.2) is 4.31 Å². The molecule has 1 saturated carbocycles. The lowest BCUT2D eigenvalue weighted by Gasteiger charge is -2.44. The van der Waals surface area contributed by atoms with Gasteiger partial charge in [-0.3, -0.25) is 9.11 Å². The quantitative estimate of drug-likeness (QED) is 0.783. The van der Waals surface area contributed by atoms with Gasteiger partial charge >= 0.3 is 0 Å². The van der Waals surface area contributed by atoms with E-state index in [1.165, 1.54) is 25.7 Å². The van der Waals surface area contributed by atoms with Crippen molar-refractivity contribution in [1.29, 1.82) is 0 Å². The minimum atomic E-state index is -2.44. The predicted molar refractivity (Wildman–Crippen MR) is 65.1 cm³/mol. The second kappa shape index (κ2) is 4.24. The summed E-state index contributed by atoms with van der Waals surface area (Å²) < 4.78 is 22.1. The molecule has 1 spiro atoms. The molecule has 1 heterocycles. The van der Waals surface area contributed by atoms with Crippen molar-refractivity contribution in [2.75, 3.05) is 18.8 Å². The molecular weight excluding hydrogens is 210 g/mol. The van der Waals surface area contributed by atoms with Gasteiger partial charge in [0.25, 0.3) is 0 Å². The fourth-order valence-electron chi connectivity index (χ4n) is 2.70. The molecule has 2 N–H and O–H groups in total. The van der Waals surface area contributed by atoms with E-state index in [9.17, 15) is 9.11 Å². The Balaban J connectivity index is 1.88. The van der Waals surface area contributed by atoms with Gasteiger partial charge in [0.15, 0.2) is 0 Å². The molecule has 0 amide bonds. The number of unbranched alkanes of at least 4 members (excludes halogenated alkanes) is 1. The van der Waals surface area contributed by atoms with Crippen molar-refractivity contribution in [1.82, 2.24) is 4.31 Å². The van der Waals surface area contributed by atoms with E-state index in [2.05, 4.69) is 6.92 Å². The summed E-state index contributed by atoms with van der Waals surface area (Å²) in [5.41, 5.74) is 0.468. The van der Waals surface area contributed by atoms with Crippen LogP contribution >= 0.6 is 10.8 Å². The van der Waals surface area contributed by atoms with E-state index in [-0.39, 0.29) is 0 Å². The molecule has 0 aromatic rings. The highest BCUT2D eigenvalue weighted by Crippen LogP contribution is 2.55. The molecule has 4 heteroatoms. The Morgan fingerprint density at radius 1 is 1.27 bits per heavy atom. The van der Waals surface area contributed by atoms with Crippen LogP contribution in [0.2, 0.25) is 0 Å². The zero-order valence-electron chi connectivity index (χ0n) is 9.61. The SMILES string of the molecule is CCCCS(O)(O)N1CCC2(CCC2)C1. The Kier molecular flexibility index (Phi) is 3.31. The van der Waals surface area contributed by atoms with Crippen molar-refractivity contribution in [2.24, 2.45) is 5.41 Å². The number of hydrogen-bond acceptors (Lipinski definition) is 3. The lowest BCUT2D eigenvalue weighted by molar-refractivity contribution is 0.151. The fourth-order valence-corrected chi connectivity index (χ4v) is 4.49. The summed E-state index contributed by atoms with van der Waals surface area (Å²) in [6.45, 7) is 3.91. The van der Waals surface area contributed by atoms with Gasteiger partial charge < -0.3 is 0 Å². The topological polar surface area (TPSA) is 43.7 Å². The van der Waals surface area contributed by atoms with Crippen molar-refractivity contribution in [3.63, 3.8) is 0 Å². The first kappa shape index (κ1) is 11.7. The molecule has 0 unspecified atom stereocenters. The molecule has 0 aromatic heterocycles. The molecule has 3 nitrogen and oxygen atoms in total. The minimum absolute atomic E-state index is 0.468. The van der Waals surface area contributed by atoms with E-state index in [0.717, 1.165) is 25.9 Å². The molecule has 90 valence electrons. The molecule has 0 bridgehead atoms. The van der Waals surface area contributed by atoms with Gasteiger partial charge in [0.1, 0.15) is 0 Å². The van der Waals surface area contributed by atoms with Crippen molar-refractivity contribution in [3.05, 3.63) is 0 Å².